The molecule has 0 fully saturated rings. The SMILES string of the molecule is CCCCNc1c(NCC)c(=O)c1=O. The van der Waals surface area contributed by atoms with E-state index in [0.717, 1.165) is 19.4 Å². The minimum atomic E-state index is -0.397. The summed E-state index contributed by atoms with van der Waals surface area (Å²) in [7, 11) is 0. The fraction of sp³-hybridized carbons (Fsp3) is 0.600. The van der Waals surface area contributed by atoms with E-state index >= 15 is 0 Å². The van der Waals surface area contributed by atoms with Crippen LogP contribution in [0.25, 0.3) is 0 Å². The van der Waals surface area contributed by atoms with Crippen molar-refractivity contribution < 1.29 is 0 Å². The van der Waals surface area contributed by atoms with E-state index in [1.165, 1.54) is 0 Å². The molecule has 0 atom stereocenters. The predicted octanol–water partition coefficient (Wildman–Crippen LogP) is 0.926. The molecular weight excluding hydrogens is 180 g/mol. The molecule has 0 spiro atoms. The van der Waals surface area contributed by atoms with E-state index in [2.05, 4.69) is 17.6 Å². The molecule has 0 saturated heterocycles. The third-order valence-electron chi connectivity index (χ3n) is 2.10. The first-order chi connectivity index (χ1) is 6.72. The lowest BCUT2D eigenvalue weighted by Gasteiger charge is -2.13. The molecule has 0 aliphatic carbocycles. The Hall–Kier alpha value is -1.32. The van der Waals surface area contributed by atoms with Gasteiger partial charge in [0.05, 0.1) is 0 Å². The van der Waals surface area contributed by atoms with Crippen LogP contribution >= 0.6 is 0 Å². The van der Waals surface area contributed by atoms with Crippen molar-refractivity contribution in [2.24, 2.45) is 0 Å². The Bertz CT molecular complexity index is 364. The molecule has 0 aromatic heterocycles. The van der Waals surface area contributed by atoms with E-state index in [4.69, 9.17) is 0 Å². The van der Waals surface area contributed by atoms with Crippen molar-refractivity contribution in [2.45, 2.75) is 26.7 Å². The summed E-state index contributed by atoms with van der Waals surface area (Å²) in [6, 6.07) is 0. The molecular formula is C10H16N2O2. The first-order valence-electron chi connectivity index (χ1n) is 5.03. The third-order valence-corrected chi connectivity index (χ3v) is 2.10. The normalized spacial score (nSPS) is 10.4. The Morgan fingerprint density at radius 1 is 1.00 bits per heavy atom. The predicted molar refractivity (Wildman–Crippen MR) is 58.9 cm³/mol. The molecule has 2 N–H and O–H groups in total. The lowest BCUT2D eigenvalue weighted by molar-refractivity contribution is 0.832. The van der Waals surface area contributed by atoms with Gasteiger partial charge < -0.3 is 10.6 Å². The summed E-state index contributed by atoms with van der Waals surface area (Å²) >= 11 is 0. The van der Waals surface area contributed by atoms with Crippen LogP contribution in [0.15, 0.2) is 9.59 Å². The van der Waals surface area contributed by atoms with Crippen LogP contribution in [0, 0.1) is 0 Å². The second-order valence-electron chi connectivity index (χ2n) is 3.22. The minimum Gasteiger partial charge on any atom is -0.380 e. The molecule has 1 aromatic carbocycles. The van der Waals surface area contributed by atoms with Crippen LogP contribution in [-0.4, -0.2) is 13.1 Å². The van der Waals surface area contributed by atoms with E-state index in [1.54, 1.807) is 0 Å². The van der Waals surface area contributed by atoms with Gasteiger partial charge in [-0.15, -0.1) is 0 Å². The molecule has 0 unspecified atom stereocenters. The van der Waals surface area contributed by atoms with Crippen LogP contribution in [-0.2, 0) is 0 Å². The van der Waals surface area contributed by atoms with Crippen molar-refractivity contribution in [1.29, 1.82) is 0 Å². The van der Waals surface area contributed by atoms with Gasteiger partial charge in [-0.2, -0.15) is 0 Å². The highest BCUT2D eigenvalue weighted by molar-refractivity contribution is 5.73. The second-order valence-corrected chi connectivity index (χ2v) is 3.22. The highest BCUT2D eigenvalue weighted by Gasteiger charge is 2.19. The summed E-state index contributed by atoms with van der Waals surface area (Å²) in [5, 5.41) is 5.87. The summed E-state index contributed by atoms with van der Waals surface area (Å²) in [4.78, 5) is 22.2. The summed E-state index contributed by atoms with van der Waals surface area (Å²) in [5.74, 6) is 0. The summed E-state index contributed by atoms with van der Waals surface area (Å²) in [6.07, 6.45) is 2.07. The average Bonchev–Trinajstić information content (AvgIpc) is 2.21. The third kappa shape index (κ3) is 1.95. The zero-order valence-electron chi connectivity index (χ0n) is 8.64. The van der Waals surface area contributed by atoms with E-state index in [1.807, 2.05) is 6.92 Å². The highest BCUT2D eigenvalue weighted by atomic mass is 16.2. The molecule has 78 valence electrons. The molecule has 0 heterocycles. The van der Waals surface area contributed by atoms with Crippen molar-refractivity contribution in [1.82, 2.24) is 0 Å². The Morgan fingerprint density at radius 2 is 1.57 bits per heavy atom. The van der Waals surface area contributed by atoms with Crippen molar-refractivity contribution in [3.8, 4) is 0 Å². The molecule has 14 heavy (non-hydrogen) atoms. The molecule has 4 nitrogen and oxygen atoms in total. The Balaban J connectivity index is 2.62. The molecule has 4 heteroatoms. The molecule has 0 aliphatic rings. The van der Waals surface area contributed by atoms with Gasteiger partial charge in [0.2, 0.25) is 0 Å². The minimum absolute atomic E-state index is 0.392. The monoisotopic (exact) mass is 196 g/mol. The van der Waals surface area contributed by atoms with Gasteiger partial charge in [0.1, 0.15) is 11.4 Å². The first kappa shape index (κ1) is 10.8. The van der Waals surface area contributed by atoms with Crippen LogP contribution in [0.4, 0.5) is 11.4 Å². The van der Waals surface area contributed by atoms with Gasteiger partial charge in [0.15, 0.2) is 0 Å². The van der Waals surface area contributed by atoms with Gasteiger partial charge in [-0.25, -0.2) is 0 Å². The molecule has 0 saturated carbocycles. The number of rotatable bonds is 6. The molecule has 0 radical (unpaired) electrons. The van der Waals surface area contributed by atoms with Gasteiger partial charge in [-0.1, -0.05) is 13.3 Å². The van der Waals surface area contributed by atoms with Gasteiger partial charge in [0.25, 0.3) is 10.9 Å². The molecule has 1 rings (SSSR count). The number of anilines is 2. The van der Waals surface area contributed by atoms with Crippen molar-refractivity contribution in [3.63, 3.8) is 0 Å². The van der Waals surface area contributed by atoms with Crippen LogP contribution in [0.5, 0.6) is 0 Å². The molecule has 0 amide bonds. The maximum absolute atomic E-state index is 11.1. The van der Waals surface area contributed by atoms with Crippen molar-refractivity contribution >= 4 is 11.4 Å². The van der Waals surface area contributed by atoms with Crippen molar-refractivity contribution in [2.75, 3.05) is 23.7 Å². The fourth-order valence-electron chi connectivity index (χ4n) is 1.30. The topological polar surface area (TPSA) is 58.2 Å². The lowest BCUT2D eigenvalue weighted by Crippen LogP contribution is -2.37. The van der Waals surface area contributed by atoms with Gasteiger partial charge in [0, 0.05) is 13.1 Å². The highest BCUT2D eigenvalue weighted by Crippen LogP contribution is 2.13. The van der Waals surface area contributed by atoms with E-state index in [9.17, 15) is 9.59 Å². The Labute approximate surface area is 83.0 Å². The van der Waals surface area contributed by atoms with E-state index in [-0.39, 0.29) is 0 Å². The van der Waals surface area contributed by atoms with E-state index < -0.39 is 10.9 Å². The maximum Gasteiger partial charge on any atom is 0.253 e. The zero-order chi connectivity index (χ0) is 10.6. The van der Waals surface area contributed by atoms with Crippen LogP contribution in [0.3, 0.4) is 0 Å². The quantitative estimate of drug-likeness (QED) is 0.525. The van der Waals surface area contributed by atoms with Crippen molar-refractivity contribution in [3.05, 3.63) is 20.4 Å². The van der Waals surface area contributed by atoms with Crippen LogP contribution in [0.1, 0.15) is 26.7 Å². The number of nitrogens with one attached hydrogen (secondary N) is 2. The van der Waals surface area contributed by atoms with Crippen LogP contribution < -0.4 is 21.5 Å². The van der Waals surface area contributed by atoms with Gasteiger partial charge in [-0.3, -0.25) is 9.59 Å². The fourth-order valence-corrected chi connectivity index (χ4v) is 1.30. The number of hydrogen-bond donors (Lipinski definition) is 2. The van der Waals surface area contributed by atoms with Gasteiger partial charge in [-0.05, 0) is 13.3 Å². The summed E-state index contributed by atoms with van der Waals surface area (Å²) in [6.45, 7) is 5.38. The molecule has 1 aromatic rings. The summed E-state index contributed by atoms with van der Waals surface area (Å²) in [5.41, 5.74) is 0.127. The molecule has 0 bridgehead atoms. The zero-order valence-corrected chi connectivity index (χ0v) is 8.64. The average molecular weight is 196 g/mol. The number of hydrogen-bond acceptors (Lipinski definition) is 4. The standard InChI is InChI=1S/C10H16N2O2/c1-3-5-6-12-8-7(11-4-2)9(13)10(8)14/h11-12H,3-6H2,1-2H3. The van der Waals surface area contributed by atoms with Crippen LogP contribution in [0.2, 0.25) is 0 Å². The lowest BCUT2D eigenvalue weighted by atomic mass is 10.2. The Morgan fingerprint density at radius 3 is 2.07 bits per heavy atom. The van der Waals surface area contributed by atoms with Gasteiger partial charge >= 0.3 is 0 Å². The molecule has 0 aliphatic heterocycles. The number of unbranched alkanes of at least 4 members (excludes halogenated alkanes) is 1. The maximum atomic E-state index is 11.1. The van der Waals surface area contributed by atoms with E-state index in [0.29, 0.717) is 17.9 Å². The largest absolute Gasteiger partial charge is 0.380 e. The summed E-state index contributed by atoms with van der Waals surface area (Å²) < 4.78 is 0. The second kappa shape index (κ2) is 4.79. The smallest absolute Gasteiger partial charge is 0.253 e. The first-order valence-corrected chi connectivity index (χ1v) is 5.03. The Kier molecular flexibility index (Phi) is 3.68.